The Bertz CT molecular complexity index is 1940. The molecule has 0 saturated heterocycles. The highest BCUT2D eigenvalue weighted by Gasteiger charge is 2.25. The summed E-state index contributed by atoms with van der Waals surface area (Å²) in [4.78, 5) is 115. The van der Waals surface area contributed by atoms with E-state index in [9.17, 15) is 61.5 Å². The van der Waals surface area contributed by atoms with Crippen molar-refractivity contribution in [1.29, 1.82) is 0 Å². The van der Waals surface area contributed by atoms with Crippen molar-refractivity contribution in [1.82, 2.24) is 46.6 Å². The van der Waals surface area contributed by atoms with Crippen molar-refractivity contribution < 1.29 is 90.6 Å². The van der Waals surface area contributed by atoms with E-state index in [0.717, 1.165) is 0 Å². The second-order valence-electron chi connectivity index (χ2n) is 16.3. The van der Waals surface area contributed by atoms with Crippen LogP contribution < -0.4 is 26.0 Å². The highest BCUT2D eigenvalue weighted by Crippen LogP contribution is 2.13. The number of rotatable bonds is 44. The number of Topliss-reactive ketones (excluding diaryl/α,β-unsaturated/α-hetero) is 2. The Morgan fingerprint density at radius 3 is 1.82 bits per heavy atom. The predicted molar refractivity (Wildman–Crippen MR) is 262 cm³/mol. The van der Waals surface area contributed by atoms with Crippen LogP contribution in [0.4, 0.5) is 0 Å². The van der Waals surface area contributed by atoms with Crippen LogP contribution in [0.2, 0.25) is 0 Å². The maximum absolute atomic E-state index is 12.1. The summed E-state index contributed by atoms with van der Waals surface area (Å²) in [6, 6.07) is -2.04. The molecule has 0 aliphatic heterocycles. The van der Waals surface area contributed by atoms with E-state index in [-0.39, 0.29) is 117 Å². The smallest absolute Gasteiger partial charge is 0.326 e. The standard InChI is InChI=1S/C26H43N7O12S.C18H32N2O7.CH4/c1-2-5-20(26(40)41)28-23(36)10-9-18(25(38)39)16-19(34)17-45-14-13-44-12-11-27-22(35)8-4-15-46(42,43)31-24(37)7-3-6-21-29-32-33-30-21;1-3-16(22)19-9-5-4-8-15(18(24)25)20-17(23)13-27-12-11-26-10-6-7-14(2)21;/h18,20H,2-17H2,1H3,(H,27,35)(H,28,36)(H,31,37)(H,38,39)(H,40,41)(H,29,30,32,33);15H,3-13H2,1-2H3,(H,19,22)(H,20,23)(H,24,25);1H4. The van der Waals surface area contributed by atoms with Gasteiger partial charge < -0.3 is 60.3 Å². The Kier molecular flexibility index (Phi) is 41.0. The third-order valence-electron chi connectivity index (χ3n) is 9.86. The number of carbonyl (C=O) groups is 10. The molecule has 0 saturated carbocycles. The number of sulfonamides is 1. The van der Waals surface area contributed by atoms with E-state index in [4.69, 9.17) is 29.2 Å². The molecule has 0 spiro atoms. The van der Waals surface area contributed by atoms with Crippen molar-refractivity contribution in [2.45, 2.75) is 143 Å². The molecule has 0 fully saturated rings. The lowest BCUT2D eigenvalue weighted by molar-refractivity contribution is -0.145. The molecule has 3 atom stereocenters. The fourth-order valence-corrected chi connectivity index (χ4v) is 7.12. The molecule has 0 bridgehead atoms. The average molecular weight is 1080 g/mol. The molecule has 5 amide bonds. The number of aromatic nitrogens is 4. The quantitative estimate of drug-likeness (QED) is 0.0388. The lowest BCUT2D eigenvalue weighted by Gasteiger charge is -2.15. The van der Waals surface area contributed by atoms with E-state index in [1.54, 1.807) is 13.8 Å². The van der Waals surface area contributed by atoms with Crippen molar-refractivity contribution in [3.63, 3.8) is 0 Å². The first-order valence-electron chi connectivity index (χ1n) is 24.1. The van der Waals surface area contributed by atoms with Gasteiger partial charge in [-0.05, 0) is 58.3 Å². The number of tetrazole rings is 1. The second kappa shape index (κ2) is 43.4. The number of nitrogens with zero attached hydrogens (tertiary/aromatic N) is 3. The number of carbonyl (C=O) groups excluding carboxylic acids is 7. The molecule has 29 heteroatoms. The molecule has 1 aromatic rings. The molecular formula is C45H79N9O19S. The minimum atomic E-state index is -3.89. The molecule has 1 aromatic heterocycles. The maximum Gasteiger partial charge on any atom is 0.326 e. The number of aliphatic carboxylic acids is 3. The number of H-pyrrole nitrogens is 1. The molecular weight excluding hydrogens is 1000 g/mol. The molecule has 0 aromatic carbocycles. The highest BCUT2D eigenvalue weighted by molar-refractivity contribution is 7.90. The van der Waals surface area contributed by atoms with Crippen molar-refractivity contribution in [3.05, 3.63) is 5.82 Å². The van der Waals surface area contributed by atoms with Crippen LogP contribution in [-0.2, 0) is 83.3 Å². The predicted octanol–water partition coefficient (Wildman–Crippen LogP) is -0.00150. The van der Waals surface area contributed by atoms with Crippen LogP contribution in [0.15, 0.2) is 0 Å². The number of hydrogen-bond acceptors (Lipinski definition) is 19. The van der Waals surface area contributed by atoms with Gasteiger partial charge in [-0.15, -0.1) is 10.2 Å². The van der Waals surface area contributed by atoms with E-state index in [0.29, 0.717) is 76.9 Å². The summed E-state index contributed by atoms with van der Waals surface area (Å²) >= 11 is 0. The molecule has 424 valence electrons. The fourth-order valence-electron chi connectivity index (χ4n) is 6.04. The number of carboxylic acids is 3. The number of hydrogen-bond donors (Lipinski definition) is 9. The van der Waals surface area contributed by atoms with Crippen LogP contribution in [0.25, 0.3) is 0 Å². The topological polar surface area (TPSA) is 417 Å². The molecule has 9 N–H and O–H groups in total. The average Bonchev–Trinajstić information content (AvgIpc) is 3.84. The summed E-state index contributed by atoms with van der Waals surface area (Å²) < 4.78 is 46.9. The Hall–Kier alpha value is -6.04. The third kappa shape index (κ3) is 40.4. The number of nitrogens with one attached hydrogen (secondary N) is 6. The van der Waals surface area contributed by atoms with Gasteiger partial charge in [0.05, 0.1) is 44.7 Å². The van der Waals surface area contributed by atoms with Crippen molar-refractivity contribution in [2.24, 2.45) is 5.92 Å². The maximum atomic E-state index is 12.1. The molecule has 74 heavy (non-hydrogen) atoms. The van der Waals surface area contributed by atoms with Gasteiger partial charge >= 0.3 is 17.9 Å². The molecule has 1 heterocycles. The lowest BCUT2D eigenvalue weighted by Crippen LogP contribution is -2.42. The first kappa shape index (κ1) is 70.0. The Morgan fingerprint density at radius 2 is 1.22 bits per heavy atom. The van der Waals surface area contributed by atoms with Crippen LogP contribution in [0.1, 0.15) is 130 Å². The molecule has 3 unspecified atom stereocenters. The summed E-state index contributed by atoms with van der Waals surface area (Å²) in [6.07, 6.45) is 3.64. The SMILES string of the molecule is C.CCC(=O)NCCCCC(NC(=O)COCCOCCCC(C)=O)C(=O)O.CCCC(NC(=O)CCC(CC(=O)COCCOCCNC(=O)CCCS(=O)(=O)NC(=O)CCCc1nn[nH]n1)C(=O)O)C(=O)O. The number of amides is 5. The van der Waals surface area contributed by atoms with Crippen LogP contribution in [0.5, 0.6) is 0 Å². The van der Waals surface area contributed by atoms with E-state index < -0.39 is 81.1 Å². The Labute approximate surface area is 431 Å². The van der Waals surface area contributed by atoms with Gasteiger partial charge in [-0.1, -0.05) is 32.9 Å². The largest absolute Gasteiger partial charge is 0.481 e. The van der Waals surface area contributed by atoms with Crippen LogP contribution >= 0.6 is 0 Å². The lowest BCUT2D eigenvalue weighted by atomic mass is 9.97. The van der Waals surface area contributed by atoms with Gasteiger partial charge in [0.2, 0.25) is 39.6 Å². The highest BCUT2D eigenvalue weighted by atomic mass is 32.2. The number of aryl methyl sites for hydroxylation is 1. The molecule has 0 aliphatic rings. The number of unbranched alkanes of at least 4 members (excludes halogenated alkanes) is 1. The van der Waals surface area contributed by atoms with Crippen LogP contribution in [0.3, 0.4) is 0 Å². The second-order valence-corrected chi connectivity index (χ2v) is 18.2. The summed E-state index contributed by atoms with van der Waals surface area (Å²) in [7, 11) is -3.89. The van der Waals surface area contributed by atoms with Gasteiger partial charge in [0.1, 0.15) is 31.1 Å². The summed E-state index contributed by atoms with van der Waals surface area (Å²) in [5.41, 5.74) is 0. The van der Waals surface area contributed by atoms with E-state index in [2.05, 4.69) is 41.9 Å². The monoisotopic (exact) mass is 1080 g/mol. The van der Waals surface area contributed by atoms with Gasteiger partial charge in [0.15, 0.2) is 11.6 Å². The number of ketones is 2. The molecule has 0 aliphatic carbocycles. The first-order valence-corrected chi connectivity index (χ1v) is 25.7. The van der Waals surface area contributed by atoms with E-state index in [1.807, 2.05) is 4.72 Å². The molecule has 28 nitrogen and oxygen atoms in total. The van der Waals surface area contributed by atoms with E-state index in [1.165, 1.54) is 6.92 Å². The van der Waals surface area contributed by atoms with Gasteiger partial charge in [-0.25, -0.2) is 18.0 Å². The van der Waals surface area contributed by atoms with Gasteiger partial charge in [-0.3, -0.25) is 38.3 Å². The van der Waals surface area contributed by atoms with Crippen LogP contribution in [0, 0.1) is 5.92 Å². The number of ether oxygens (including phenoxy) is 4. The van der Waals surface area contributed by atoms with Crippen molar-refractivity contribution in [2.75, 3.05) is 71.7 Å². The van der Waals surface area contributed by atoms with E-state index >= 15 is 0 Å². The summed E-state index contributed by atoms with van der Waals surface area (Å²) in [5.74, 6) is -7.25. The van der Waals surface area contributed by atoms with Gasteiger partial charge in [0.25, 0.3) is 0 Å². The van der Waals surface area contributed by atoms with Crippen LogP contribution in [-0.4, -0.2) is 187 Å². The molecule has 0 radical (unpaired) electrons. The van der Waals surface area contributed by atoms with Crippen molar-refractivity contribution >= 4 is 69.0 Å². The third-order valence-corrected chi connectivity index (χ3v) is 11.2. The zero-order chi connectivity index (χ0) is 54.9. The zero-order valence-corrected chi connectivity index (χ0v) is 42.8. The summed E-state index contributed by atoms with van der Waals surface area (Å²) in [5, 5.41) is 50.8. The Morgan fingerprint density at radius 1 is 0.608 bits per heavy atom. The normalized spacial score (nSPS) is 12.0. The Balaban J connectivity index is 0. The minimum absolute atomic E-state index is 0. The zero-order valence-electron chi connectivity index (χ0n) is 41.9. The number of aromatic amines is 1. The number of carboxylic acid groups (broad SMARTS) is 3. The first-order chi connectivity index (χ1) is 34.7. The summed E-state index contributed by atoms with van der Waals surface area (Å²) in [6.45, 7) is 6.26. The molecule has 1 rings (SSSR count). The van der Waals surface area contributed by atoms with Crippen molar-refractivity contribution in [3.8, 4) is 0 Å². The fraction of sp³-hybridized carbons (Fsp3) is 0.756. The van der Waals surface area contributed by atoms with Gasteiger partial charge in [0, 0.05) is 64.6 Å². The minimum Gasteiger partial charge on any atom is -0.481 e. The van der Waals surface area contributed by atoms with Gasteiger partial charge in [-0.2, -0.15) is 5.21 Å².